The van der Waals surface area contributed by atoms with E-state index in [0.717, 1.165) is 16.8 Å². The summed E-state index contributed by atoms with van der Waals surface area (Å²) in [6, 6.07) is 8.82. The van der Waals surface area contributed by atoms with Crippen LogP contribution in [0.2, 0.25) is 0 Å². The van der Waals surface area contributed by atoms with Crippen LogP contribution in [0.1, 0.15) is 27.9 Å². The van der Waals surface area contributed by atoms with Gasteiger partial charge in [-0.25, -0.2) is 4.98 Å². The van der Waals surface area contributed by atoms with Gasteiger partial charge in [-0.2, -0.15) is 14.0 Å². The van der Waals surface area contributed by atoms with E-state index in [4.69, 9.17) is 0 Å². The minimum Gasteiger partial charge on any atom is -0.435 e. The Morgan fingerprint density at radius 3 is 2.57 bits per heavy atom. The molecule has 0 radical (unpaired) electrons. The van der Waals surface area contributed by atoms with E-state index >= 15 is 0 Å². The maximum atomic E-state index is 12.4. The van der Waals surface area contributed by atoms with Gasteiger partial charge in [0.2, 0.25) is 0 Å². The molecule has 0 saturated heterocycles. The zero-order valence-electron chi connectivity index (χ0n) is 13.1. The number of benzene rings is 1. The van der Waals surface area contributed by atoms with Gasteiger partial charge in [-0.1, -0.05) is 18.2 Å². The summed E-state index contributed by atoms with van der Waals surface area (Å²) in [6.45, 7) is 2.85. The Bertz CT molecular complexity index is 757. The van der Waals surface area contributed by atoms with Crippen LogP contribution in [0.3, 0.4) is 0 Å². The molecule has 0 unspecified atom stereocenters. The molecule has 0 fully saturated rings. The van der Waals surface area contributed by atoms with Gasteiger partial charge in [-0.05, 0) is 38.0 Å². The quantitative estimate of drug-likeness (QED) is 0.739. The van der Waals surface area contributed by atoms with E-state index in [-0.39, 0.29) is 5.75 Å². The number of nitriles is 1. The molecule has 1 heterocycles. The van der Waals surface area contributed by atoms with Gasteiger partial charge in [0.25, 0.3) is 0 Å². The lowest BCUT2D eigenvalue weighted by Crippen LogP contribution is -2.04. The predicted molar refractivity (Wildman–Crippen MR) is 85.8 cm³/mol. The van der Waals surface area contributed by atoms with Crippen LogP contribution in [0.25, 0.3) is 0 Å². The zero-order valence-corrected chi connectivity index (χ0v) is 13.9. The summed E-state index contributed by atoms with van der Waals surface area (Å²) in [4.78, 5) is 4.46. The van der Waals surface area contributed by atoms with E-state index in [0.29, 0.717) is 21.9 Å². The molecule has 0 saturated carbocycles. The van der Waals surface area contributed by atoms with Crippen LogP contribution in [0.15, 0.2) is 29.3 Å². The third kappa shape index (κ3) is 3.99. The number of halogens is 2. The van der Waals surface area contributed by atoms with Crippen LogP contribution in [-0.4, -0.2) is 11.6 Å². The Hall–Kier alpha value is -2.13. The number of pyridine rings is 1. The maximum Gasteiger partial charge on any atom is 0.387 e. The van der Waals surface area contributed by atoms with Gasteiger partial charge < -0.3 is 4.74 Å². The van der Waals surface area contributed by atoms with Gasteiger partial charge in [0.15, 0.2) is 0 Å². The van der Waals surface area contributed by atoms with Crippen molar-refractivity contribution < 1.29 is 13.5 Å². The minimum absolute atomic E-state index is 0.147. The monoisotopic (exact) mass is 334 g/mol. The van der Waals surface area contributed by atoms with Gasteiger partial charge in [-0.15, -0.1) is 11.8 Å². The number of rotatable bonds is 5. The van der Waals surface area contributed by atoms with Crippen molar-refractivity contribution in [3.63, 3.8) is 0 Å². The van der Waals surface area contributed by atoms with Crippen molar-refractivity contribution in [3.8, 4) is 11.8 Å². The van der Waals surface area contributed by atoms with Crippen molar-refractivity contribution >= 4 is 11.8 Å². The largest absolute Gasteiger partial charge is 0.435 e. The number of alkyl halides is 2. The van der Waals surface area contributed by atoms with E-state index in [9.17, 15) is 14.0 Å². The smallest absolute Gasteiger partial charge is 0.387 e. The first-order valence-corrected chi connectivity index (χ1v) is 7.96. The van der Waals surface area contributed by atoms with Crippen molar-refractivity contribution in [1.29, 1.82) is 5.26 Å². The number of hydrogen-bond acceptors (Lipinski definition) is 4. The maximum absolute atomic E-state index is 12.4. The van der Waals surface area contributed by atoms with Crippen LogP contribution in [0.5, 0.6) is 5.75 Å². The molecule has 0 atom stereocenters. The Balaban J connectivity index is 2.27. The highest BCUT2D eigenvalue weighted by Gasteiger charge is 2.14. The van der Waals surface area contributed by atoms with Gasteiger partial charge >= 0.3 is 6.61 Å². The summed E-state index contributed by atoms with van der Waals surface area (Å²) >= 11 is 1.34. The molecule has 0 aliphatic rings. The summed E-state index contributed by atoms with van der Waals surface area (Å²) in [5, 5.41) is 9.97. The highest BCUT2D eigenvalue weighted by atomic mass is 32.2. The number of nitrogens with zero attached hydrogens (tertiary/aromatic N) is 2. The molecular formula is C17H16F2N2OS. The molecule has 2 aromatic rings. The number of thioether (sulfide) groups is 1. The molecule has 0 aliphatic heterocycles. The fourth-order valence-corrected chi connectivity index (χ4v) is 3.20. The summed E-state index contributed by atoms with van der Waals surface area (Å²) in [6.07, 6.45) is 0. The summed E-state index contributed by atoms with van der Waals surface area (Å²) < 4.78 is 29.4. The van der Waals surface area contributed by atoms with Gasteiger partial charge in [0.05, 0.1) is 5.56 Å². The fourth-order valence-electron chi connectivity index (χ4n) is 2.13. The van der Waals surface area contributed by atoms with Crippen molar-refractivity contribution in [1.82, 2.24) is 4.98 Å². The Kier molecular flexibility index (Phi) is 5.56. The van der Waals surface area contributed by atoms with E-state index in [1.165, 1.54) is 17.8 Å². The first kappa shape index (κ1) is 17.2. The molecule has 2 rings (SSSR count). The first-order chi connectivity index (χ1) is 10.9. The van der Waals surface area contributed by atoms with E-state index in [2.05, 4.69) is 15.8 Å². The molecule has 3 nitrogen and oxygen atoms in total. The summed E-state index contributed by atoms with van der Waals surface area (Å²) in [5.74, 6) is 0.543. The lowest BCUT2D eigenvalue weighted by Gasteiger charge is -2.13. The topological polar surface area (TPSA) is 45.9 Å². The minimum atomic E-state index is -2.86. The zero-order chi connectivity index (χ0) is 17.0. The average molecular weight is 334 g/mol. The lowest BCUT2D eigenvalue weighted by atomic mass is 10.1. The third-order valence-electron chi connectivity index (χ3n) is 3.63. The normalized spacial score (nSPS) is 10.7. The number of ether oxygens (including phenoxy) is 1. The molecule has 0 N–H and O–H groups in total. The van der Waals surface area contributed by atoms with Gasteiger partial charge in [0.1, 0.15) is 16.8 Å². The summed E-state index contributed by atoms with van der Waals surface area (Å²) in [5.41, 5.74) is 3.93. The Labute approximate surface area is 138 Å². The standard InChI is InChI=1S/C17H16F2N2OS/c1-10-11(2)14(8-20)16(21-12(10)3)23-9-13-6-4-5-7-15(13)22-17(18)19/h4-7,17H,9H2,1-3H3. The molecule has 6 heteroatoms. The molecule has 0 amide bonds. The second kappa shape index (κ2) is 7.42. The van der Waals surface area contributed by atoms with Crippen LogP contribution < -0.4 is 4.74 Å². The molecule has 0 aliphatic carbocycles. The third-order valence-corrected chi connectivity index (χ3v) is 4.65. The van der Waals surface area contributed by atoms with E-state index in [1.54, 1.807) is 18.2 Å². The molecule has 23 heavy (non-hydrogen) atoms. The fraction of sp³-hybridized carbons (Fsp3) is 0.294. The van der Waals surface area contributed by atoms with Crippen molar-refractivity contribution in [3.05, 3.63) is 52.2 Å². The Morgan fingerprint density at radius 1 is 1.22 bits per heavy atom. The average Bonchev–Trinajstić information content (AvgIpc) is 2.51. The second-order valence-corrected chi connectivity index (χ2v) is 5.98. The SMILES string of the molecule is Cc1nc(SCc2ccccc2OC(F)F)c(C#N)c(C)c1C. The number of hydrogen-bond donors (Lipinski definition) is 0. The number of aryl methyl sites for hydroxylation is 1. The van der Waals surface area contributed by atoms with Gasteiger partial charge in [-0.3, -0.25) is 0 Å². The van der Waals surface area contributed by atoms with Crippen LogP contribution in [0.4, 0.5) is 8.78 Å². The predicted octanol–water partition coefficient (Wildman–Crippen LogP) is 4.77. The molecule has 1 aromatic carbocycles. The van der Waals surface area contributed by atoms with Gasteiger partial charge in [0, 0.05) is 17.0 Å². The lowest BCUT2D eigenvalue weighted by molar-refractivity contribution is -0.0503. The molecular weight excluding hydrogens is 318 g/mol. The highest BCUT2D eigenvalue weighted by Crippen LogP contribution is 2.31. The van der Waals surface area contributed by atoms with Crippen LogP contribution in [-0.2, 0) is 5.75 Å². The van der Waals surface area contributed by atoms with Crippen LogP contribution in [0, 0.1) is 32.1 Å². The van der Waals surface area contributed by atoms with Crippen LogP contribution >= 0.6 is 11.8 Å². The van der Waals surface area contributed by atoms with Crippen molar-refractivity contribution in [2.45, 2.75) is 38.2 Å². The van der Waals surface area contributed by atoms with E-state index in [1.807, 2.05) is 20.8 Å². The molecule has 0 bridgehead atoms. The molecule has 1 aromatic heterocycles. The molecule has 0 spiro atoms. The number of para-hydroxylation sites is 1. The summed E-state index contributed by atoms with van der Waals surface area (Å²) in [7, 11) is 0. The Morgan fingerprint density at radius 2 is 1.91 bits per heavy atom. The van der Waals surface area contributed by atoms with Crippen molar-refractivity contribution in [2.24, 2.45) is 0 Å². The highest BCUT2D eigenvalue weighted by molar-refractivity contribution is 7.98. The number of aromatic nitrogens is 1. The molecule has 120 valence electrons. The first-order valence-electron chi connectivity index (χ1n) is 6.97. The van der Waals surface area contributed by atoms with Crippen molar-refractivity contribution in [2.75, 3.05) is 0 Å². The van der Waals surface area contributed by atoms with E-state index < -0.39 is 6.61 Å². The second-order valence-electron chi connectivity index (χ2n) is 5.01.